The van der Waals surface area contributed by atoms with Crippen molar-refractivity contribution in [3.8, 4) is 0 Å². The van der Waals surface area contributed by atoms with Gasteiger partial charge in [0.15, 0.2) is 0 Å². The van der Waals surface area contributed by atoms with E-state index in [-0.39, 0.29) is 0 Å². The van der Waals surface area contributed by atoms with Gasteiger partial charge < -0.3 is 0 Å². The standard InChI is InChI=1S/C12H16Cl2N2/c1-9-4-2-3-5-16(9)8-10-7-15-12(14)6-11(10)13/h6-7,9H,2-5,8H2,1H3. The molecule has 1 aromatic rings. The lowest BCUT2D eigenvalue weighted by Crippen LogP contribution is -2.36. The molecule has 2 nitrogen and oxygen atoms in total. The lowest BCUT2D eigenvalue weighted by molar-refractivity contribution is 0.152. The number of halogens is 2. The van der Waals surface area contributed by atoms with Gasteiger partial charge in [-0.05, 0) is 32.4 Å². The van der Waals surface area contributed by atoms with Gasteiger partial charge in [0.1, 0.15) is 5.15 Å². The average molecular weight is 259 g/mol. The Morgan fingerprint density at radius 3 is 2.94 bits per heavy atom. The van der Waals surface area contributed by atoms with Crippen LogP contribution in [0.25, 0.3) is 0 Å². The molecule has 2 rings (SSSR count). The van der Waals surface area contributed by atoms with Crippen molar-refractivity contribution < 1.29 is 0 Å². The Morgan fingerprint density at radius 2 is 2.25 bits per heavy atom. The zero-order valence-electron chi connectivity index (χ0n) is 9.42. The van der Waals surface area contributed by atoms with Crippen molar-refractivity contribution in [2.24, 2.45) is 0 Å². The maximum Gasteiger partial charge on any atom is 0.130 e. The summed E-state index contributed by atoms with van der Waals surface area (Å²) in [6.45, 7) is 4.31. The average Bonchev–Trinajstić information content (AvgIpc) is 2.25. The van der Waals surface area contributed by atoms with Crippen LogP contribution in [0, 0.1) is 0 Å². The van der Waals surface area contributed by atoms with Crippen LogP contribution in [-0.2, 0) is 6.54 Å². The predicted octanol–water partition coefficient (Wildman–Crippen LogP) is 3.76. The summed E-state index contributed by atoms with van der Waals surface area (Å²) in [7, 11) is 0. The number of rotatable bonds is 2. The molecule has 0 aliphatic carbocycles. The van der Waals surface area contributed by atoms with Gasteiger partial charge in [-0.15, -0.1) is 0 Å². The van der Waals surface area contributed by atoms with E-state index in [1.807, 2.05) is 0 Å². The number of aromatic nitrogens is 1. The van der Waals surface area contributed by atoms with Crippen LogP contribution in [0.2, 0.25) is 10.2 Å². The Morgan fingerprint density at radius 1 is 1.44 bits per heavy atom. The number of likely N-dealkylation sites (tertiary alicyclic amines) is 1. The van der Waals surface area contributed by atoms with Gasteiger partial charge in [0.25, 0.3) is 0 Å². The van der Waals surface area contributed by atoms with Gasteiger partial charge in [0, 0.05) is 29.4 Å². The van der Waals surface area contributed by atoms with Crippen LogP contribution in [0.3, 0.4) is 0 Å². The molecule has 0 radical (unpaired) electrons. The largest absolute Gasteiger partial charge is 0.296 e. The van der Waals surface area contributed by atoms with E-state index < -0.39 is 0 Å². The van der Waals surface area contributed by atoms with Crippen LogP contribution in [0.4, 0.5) is 0 Å². The molecule has 1 aliphatic rings. The van der Waals surface area contributed by atoms with E-state index >= 15 is 0 Å². The van der Waals surface area contributed by atoms with Crippen molar-refractivity contribution in [1.82, 2.24) is 9.88 Å². The molecule has 0 aromatic carbocycles. The van der Waals surface area contributed by atoms with Gasteiger partial charge in [0.05, 0.1) is 0 Å². The van der Waals surface area contributed by atoms with E-state index in [2.05, 4.69) is 16.8 Å². The van der Waals surface area contributed by atoms with Crippen molar-refractivity contribution in [3.63, 3.8) is 0 Å². The highest BCUT2D eigenvalue weighted by Gasteiger charge is 2.19. The van der Waals surface area contributed by atoms with Gasteiger partial charge in [-0.2, -0.15) is 0 Å². The minimum atomic E-state index is 0.459. The number of hydrogen-bond donors (Lipinski definition) is 0. The second kappa shape index (κ2) is 5.35. The molecule has 2 heterocycles. The summed E-state index contributed by atoms with van der Waals surface area (Å²) >= 11 is 11.9. The smallest absolute Gasteiger partial charge is 0.130 e. The molecule has 16 heavy (non-hydrogen) atoms. The second-order valence-corrected chi connectivity index (χ2v) is 5.21. The summed E-state index contributed by atoms with van der Waals surface area (Å²) in [6.07, 6.45) is 5.68. The van der Waals surface area contributed by atoms with Gasteiger partial charge in [-0.25, -0.2) is 4.98 Å². The summed E-state index contributed by atoms with van der Waals surface area (Å²) in [5, 5.41) is 1.18. The fraction of sp³-hybridized carbons (Fsp3) is 0.583. The Balaban J connectivity index is 2.07. The minimum absolute atomic E-state index is 0.459. The maximum atomic E-state index is 6.15. The number of piperidine rings is 1. The zero-order chi connectivity index (χ0) is 11.5. The van der Waals surface area contributed by atoms with Crippen molar-refractivity contribution in [1.29, 1.82) is 0 Å². The Hall–Kier alpha value is -0.310. The molecule has 1 unspecified atom stereocenters. The molecule has 0 spiro atoms. The van der Waals surface area contributed by atoms with Crippen molar-refractivity contribution in [2.45, 2.75) is 38.8 Å². The molecule has 4 heteroatoms. The lowest BCUT2D eigenvalue weighted by Gasteiger charge is -2.33. The monoisotopic (exact) mass is 258 g/mol. The van der Waals surface area contributed by atoms with Crippen LogP contribution in [-0.4, -0.2) is 22.5 Å². The summed E-state index contributed by atoms with van der Waals surface area (Å²) in [5.41, 5.74) is 1.07. The topological polar surface area (TPSA) is 16.1 Å². The summed E-state index contributed by atoms with van der Waals surface area (Å²) in [6, 6.07) is 2.35. The second-order valence-electron chi connectivity index (χ2n) is 4.41. The van der Waals surface area contributed by atoms with Crippen LogP contribution >= 0.6 is 23.2 Å². The third-order valence-corrected chi connectivity index (χ3v) is 3.77. The highest BCUT2D eigenvalue weighted by atomic mass is 35.5. The fourth-order valence-corrected chi connectivity index (χ4v) is 2.59. The zero-order valence-corrected chi connectivity index (χ0v) is 10.9. The van der Waals surface area contributed by atoms with E-state index in [0.717, 1.165) is 23.7 Å². The van der Waals surface area contributed by atoms with E-state index in [9.17, 15) is 0 Å². The van der Waals surface area contributed by atoms with Gasteiger partial charge in [0.2, 0.25) is 0 Å². The van der Waals surface area contributed by atoms with Crippen LogP contribution in [0.1, 0.15) is 31.7 Å². The third-order valence-electron chi connectivity index (χ3n) is 3.21. The minimum Gasteiger partial charge on any atom is -0.296 e. The number of nitrogens with zero attached hydrogens (tertiary/aromatic N) is 2. The van der Waals surface area contributed by atoms with E-state index in [1.54, 1.807) is 12.3 Å². The molecule has 1 saturated heterocycles. The van der Waals surface area contributed by atoms with Crippen molar-refractivity contribution >= 4 is 23.2 Å². The molecule has 1 atom stereocenters. The molecule has 88 valence electrons. The Bertz CT molecular complexity index is 368. The van der Waals surface area contributed by atoms with E-state index in [0.29, 0.717) is 11.2 Å². The molecule has 1 aromatic heterocycles. The summed E-state index contributed by atoms with van der Waals surface area (Å²) < 4.78 is 0. The Kier molecular flexibility index (Phi) is 4.06. The molecule has 0 bridgehead atoms. The summed E-state index contributed by atoms with van der Waals surface area (Å²) in [5.74, 6) is 0. The van der Waals surface area contributed by atoms with Gasteiger partial charge in [-0.3, -0.25) is 4.90 Å². The number of hydrogen-bond acceptors (Lipinski definition) is 2. The first kappa shape index (κ1) is 12.2. The molecular weight excluding hydrogens is 243 g/mol. The van der Waals surface area contributed by atoms with Gasteiger partial charge in [-0.1, -0.05) is 29.6 Å². The Labute approximate surface area is 107 Å². The number of pyridine rings is 1. The molecule has 0 amide bonds. The third kappa shape index (κ3) is 2.88. The first-order valence-corrected chi connectivity index (χ1v) is 6.46. The van der Waals surface area contributed by atoms with Crippen molar-refractivity contribution in [3.05, 3.63) is 28.0 Å². The van der Waals surface area contributed by atoms with E-state index in [1.165, 1.54) is 19.3 Å². The van der Waals surface area contributed by atoms with E-state index in [4.69, 9.17) is 23.2 Å². The SMILES string of the molecule is CC1CCCCN1Cc1cnc(Cl)cc1Cl. The molecular formula is C12H16Cl2N2. The first-order chi connectivity index (χ1) is 7.66. The highest BCUT2D eigenvalue weighted by molar-refractivity contribution is 6.34. The highest BCUT2D eigenvalue weighted by Crippen LogP contribution is 2.24. The molecule has 0 N–H and O–H groups in total. The fourth-order valence-electron chi connectivity index (χ4n) is 2.16. The van der Waals surface area contributed by atoms with Crippen molar-refractivity contribution in [2.75, 3.05) is 6.54 Å². The van der Waals surface area contributed by atoms with Crippen LogP contribution < -0.4 is 0 Å². The van der Waals surface area contributed by atoms with Crippen LogP contribution in [0.15, 0.2) is 12.3 Å². The summed E-state index contributed by atoms with van der Waals surface area (Å²) in [4.78, 5) is 6.54. The lowest BCUT2D eigenvalue weighted by atomic mass is 10.0. The van der Waals surface area contributed by atoms with Gasteiger partial charge >= 0.3 is 0 Å². The molecule has 1 fully saturated rings. The predicted molar refractivity (Wildman–Crippen MR) is 68.0 cm³/mol. The molecule has 1 aliphatic heterocycles. The molecule has 0 saturated carbocycles. The normalized spacial score (nSPS) is 22.3. The first-order valence-electron chi connectivity index (χ1n) is 5.71. The van der Waals surface area contributed by atoms with Crippen LogP contribution in [0.5, 0.6) is 0 Å². The maximum absolute atomic E-state index is 6.15. The quantitative estimate of drug-likeness (QED) is 0.752.